The monoisotopic (exact) mass is 367 g/mol. The summed E-state index contributed by atoms with van der Waals surface area (Å²) in [6.45, 7) is 3.80. The van der Waals surface area contributed by atoms with Gasteiger partial charge >= 0.3 is 0 Å². The average molecular weight is 367 g/mol. The van der Waals surface area contributed by atoms with Crippen LogP contribution >= 0.6 is 34.9 Å². The second-order valence-corrected chi connectivity index (χ2v) is 7.99. The molecule has 0 saturated carbocycles. The topological polar surface area (TPSA) is 93.0 Å². The Labute approximate surface area is 143 Å². The van der Waals surface area contributed by atoms with E-state index in [0.29, 0.717) is 27.3 Å². The standard InChI is InChI=1S/C13H13N5O2S3/c1-3-21-13-17-18-10(20)5-8(15-12(18)23-13)6-22-11-14-7(2)4-9(19)16-11/h4-5H,3,6H2,1-2H3,(H,14,16,19). The fraction of sp³-hybridized carbons (Fsp3) is 0.308. The van der Waals surface area contributed by atoms with Crippen molar-refractivity contribution in [3.8, 4) is 0 Å². The summed E-state index contributed by atoms with van der Waals surface area (Å²) in [5.41, 5.74) is 0.909. The van der Waals surface area contributed by atoms with E-state index in [-0.39, 0.29) is 11.1 Å². The van der Waals surface area contributed by atoms with Crippen LogP contribution in [0.15, 0.2) is 31.2 Å². The van der Waals surface area contributed by atoms with Gasteiger partial charge in [0, 0.05) is 23.6 Å². The summed E-state index contributed by atoms with van der Waals surface area (Å²) in [5, 5.41) is 4.76. The molecular weight excluding hydrogens is 354 g/mol. The molecule has 120 valence electrons. The molecule has 0 saturated heterocycles. The Balaban J connectivity index is 1.85. The van der Waals surface area contributed by atoms with Gasteiger partial charge in [0.1, 0.15) is 0 Å². The van der Waals surface area contributed by atoms with Crippen molar-refractivity contribution in [2.75, 3.05) is 5.75 Å². The van der Waals surface area contributed by atoms with Crippen molar-refractivity contribution < 1.29 is 0 Å². The van der Waals surface area contributed by atoms with Crippen LogP contribution in [0.1, 0.15) is 18.3 Å². The van der Waals surface area contributed by atoms with Gasteiger partial charge in [-0.2, -0.15) is 4.52 Å². The predicted octanol–water partition coefficient (Wildman–Crippen LogP) is 1.95. The molecule has 0 aliphatic carbocycles. The first-order chi connectivity index (χ1) is 11.0. The summed E-state index contributed by atoms with van der Waals surface area (Å²) in [7, 11) is 0. The van der Waals surface area contributed by atoms with E-state index < -0.39 is 0 Å². The Morgan fingerprint density at radius 1 is 1.26 bits per heavy atom. The van der Waals surface area contributed by atoms with Gasteiger partial charge in [-0.05, 0) is 12.7 Å². The fourth-order valence-corrected chi connectivity index (χ4v) is 4.53. The van der Waals surface area contributed by atoms with Gasteiger partial charge in [0.15, 0.2) is 9.50 Å². The Hall–Kier alpha value is -1.65. The Bertz CT molecular complexity index is 962. The van der Waals surface area contributed by atoms with E-state index in [1.807, 2.05) is 6.92 Å². The molecule has 0 amide bonds. The van der Waals surface area contributed by atoms with Crippen LogP contribution in [0.5, 0.6) is 0 Å². The smallest absolute Gasteiger partial charge is 0.275 e. The zero-order valence-electron chi connectivity index (χ0n) is 12.4. The molecule has 0 atom stereocenters. The zero-order chi connectivity index (χ0) is 16.4. The lowest BCUT2D eigenvalue weighted by molar-refractivity contribution is 0.849. The summed E-state index contributed by atoms with van der Waals surface area (Å²) in [6.07, 6.45) is 0. The maximum atomic E-state index is 12.1. The van der Waals surface area contributed by atoms with E-state index in [4.69, 9.17) is 0 Å². The summed E-state index contributed by atoms with van der Waals surface area (Å²) in [4.78, 5) is 35.5. The molecule has 10 heteroatoms. The molecule has 23 heavy (non-hydrogen) atoms. The first-order valence-electron chi connectivity index (χ1n) is 6.78. The summed E-state index contributed by atoms with van der Waals surface area (Å²) < 4.78 is 2.15. The Kier molecular flexibility index (Phi) is 4.83. The summed E-state index contributed by atoms with van der Waals surface area (Å²) in [5.74, 6) is 1.34. The molecule has 3 aromatic heterocycles. The number of aromatic nitrogens is 5. The number of nitrogens with zero attached hydrogens (tertiary/aromatic N) is 4. The Morgan fingerprint density at radius 3 is 2.83 bits per heavy atom. The van der Waals surface area contributed by atoms with Crippen molar-refractivity contribution in [3.63, 3.8) is 0 Å². The Morgan fingerprint density at radius 2 is 2.09 bits per heavy atom. The maximum Gasteiger partial charge on any atom is 0.275 e. The number of nitrogens with one attached hydrogen (secondary N) is 1. The normalized spacial score (nSPS) is 11.2. The quantitative estimate of drug-likeness (QED) is 0.544. The molecular formula is C13H13N5O2S3. The van der Waals surface area contributed by atoms with Gasteiger partial charge < -0.3 is 4.98 Å². The average Bonchev–Trinajstić information content (AvgIpc) is 2.88. The summed E-state index contributed by atoms with van der Waals surface area (Å²) in [6, 6.07) is 2.90. The van der Waals surface area contributed by atoms with Crippen molar-refractivity contribution in [3.05, 3.63) is 44.2 Å². The highest BCUT2D eigenvalue weighted by Gasteiger charge is 2.10. The van der Waals surface area contributed by atoms with Crippen molar-refractivity contribution in [1.82, 2.24) is 24.6 Å². The number of aromatic amines is 1. The van der Waals surface area contributed by atoms with Crippen LogP contribution in [-0.4, -0.2) is 30.3 Å². The first kappa shape index (κ1) is 16.2. The molecule has 3 rings (SSSR count). The van der Waals surface area contributed by atoms with Crippen LogP contribution in [0.4, 0.5) is 0 Å². The van der Waals surface area contributed by atoms with Crippen molar-refractivity contribution in [2.45, 2.75) is 29.1 Å². The van der Waals surface area contributed by atoms with Crippen LogP contribution in [0.2, 0.25) is 0 Å². The van der Waals surface area contributed by atoms with Gasteiger partial charge in [0.25, 0.3) is 11.1 Å². The number of aryl methyl sites for hydroxylation is 1. The van der Waals surface area contributed by atoms with Gasteiger partial charge in [-0.3, -0.25) is 9.59 Å². The number of H-pyrrole nitrogens is 1. The number of rotatable bonds is 5. The third-order valence-corrected chi connectivity index (χ3v) is 5.58. The minimum absolute atomic E-state index is 0.188. The van der Waals surface area contributed by atoms with Crippen LogP contribution in [0.25, 0.3) is 4.96 Å². The molecule has 0 unspecified atom stereocenters. The van der Waals surface area contributed by atoms with Gasteiger partial charge in [-0.25, -0.2) is 9.97 Å². The molecule has 3 aromatic rings. The highest BCUT2D eigenvalue weighted by atomic mass is 32.2. The number of hydrogen-bond acceptors (Lipinski definition) is 8. The van der Waals surface area contributed by atoms with Crippen LogP contribution in [0, 0.1) is 6.92 Å². The fourth-order valence-electron chi connectivity index (χ4n) is 1.86. The predicted molar refractivity (Wildman–Crippen MR) is 92.7 cm³/mol. The minimum Gasteiger partial charge on any atom is -0.301 e. The molecule has 0 radical (unpaired) electrons. The summed E-state index contributed by atoms with van der Waals surface area (Å²) >= 11 is 4.32. The third-order valence-electron chi connectivity index (χ3n) is 2.75. The van der Waals surface area contributed by atoms with Crippen LogP contribution in [0.3, 0.4) is 0 Å². The molecule has 0 spiro atoms. The maximum absolute atomic E-state index is 12.1. The van der Waals surface area contributed by atoms with E-state index in [0.717, 1.165) is 10.1 Å². The highest BCUT2D eigenvalue weighted by Crippen LogP contribution is 2.23. The molecule has 0 fully saturated rings. The van der Waals surface area contributed by atoms with E-state index >= 15 is 0 Å². The third kappa shape index (κ3) is 3.82. The molecule has 0 aliphatic rings. The lowest BCUT2D eigenvalue weighted by Crippen LogP contribution is -2.15. The highest BCUT2D eigenvalue weighted by molar-refractivity contribution is 8.01. The van der Waals surface area contributed by atoms with Gasteiger partial charge in [-0.1, -0.05) is 41.8 Å². The molecule has 7 nitrogen and oxygen atoms in total. The van der Waals surface area contributed by atoms with Gasteiger partial charge in [0.05, 0.1) is 5.69 Å². The van der Waals surface area contributed by atoms with Crippen LogP contribution < -0.4 is 11.1 Å². The van der Waals surface area contributed by atoms with E-state index in [9.17, 15) is 9.59 Å². The molecule has 0 aromatic carbocycles. The number of hydrogen-bond donors (Lipinski definition) is 1. The first-order valence-corrected chi connectivity index (χ1v) is 9.57. The zero-order valence-corrected chi connectivity index (χ0v) is 14.8. The second-order valence-electron chi connectivity index (χ2n) is 4.56. The second kappa shape index (κ2) is 6.85. The van der Waals surface area contributed by atoms with Crippen molar-refractivity contribution in [1.29, 1.82) is 0 Å². The van der Waals surface area contributed by atoms with E-state index in [1.165, 1.54) is 39.7 Å². The van der Waals surface area contributed by atoms with Crippen LogP contribution in [-0.2, 0) is 5.75 Å². The van der Waals surface area contributed by atoms with Crippen molar-refractivity contribution >= 4 is 39.8 Å². The molecule has 0 bridgehead atoms. The van der Waals surface area contributed by atoms with E-state index in [1.54, 1.807) is 18.7 Å². The SMILES string of the molecule is CCSc1nn2c(=O)cc(CSc3nc(C)cc(=O)[nH]3)nc2s1. The van der Waals surface area contributed by atoms with Gasteiger partial charge in [-0.15, -0.1) is 5.10 Å². The minimum atomic E-state index is -0.199. The van der Waals surface area contributed by atoms with E-state index in [2.05, 4.69) is 20.1 Å². The number of fused-ring (bicyclic) bond motifs is 1. The largest absolute Gasteiger partial charge is 0.301 e. The van der Waals surface area contributed by atoms with Gasteiger partial charge in [0.2, 0.25) is 4.96 Å². The molecule has 0 aliphatic heterocycles. The molecule has 1 N–H and O–H groups in total. The lowest BCUT2D eigenvalue weighted by atomic mass is 10.4. The van der Waals surface area contributed by atoms with Crippen molar-refractivity contribution in [2.24, 2.45) is 0 Å². The lowest BCUT2D eigenvalue weighted by Gasteiger charge is -2.01. The molecule has 3 heterocycles. The number of thioether (sulfide) groups is 2.